The van der Waals surface area contributed by atoms with Crippen LogP contribution in [-0.4, -0.2) is 13.1 Å². The Bertz CT molecular complexity index is 570. The van der Waals surface area contributed by atoms with E-state index in [1.54, 1.807) is 5.56 Å². The fourth-order valence-corrected chi connectivity index (χ4v) is 4.25. The largest absolute Gasteiger partial charge is 0.316 e. The van der Waals surface area contributed by atoms with Gasteiger partial charge in [0.25, 0.3) is 0 Å². The Balaban J connectivity index is 1.79. The molecule has 0 aliphatic heterocycles. The van der Waals surface area contributed by atoms with Crippen LogP contribution in [0, 0.1) is 11.3 Å². The number of nitrogens with one attached hydrogen (secondary N) is 1. The van der Waals surface area contributed by atoms with Crippen LogP contribution in [0.5, 0.6) is 0 Å². The van der Waals surface area contributed by atoms with Gasteiger partial charge in [-0.25, -0.2) is 0 Å². The molecule has 3 rings (SSSR count). The lowest BCUT2D eigenvalue weighted by molar-refractivity contribution is 0.257. The molecule has 0 radical (unpaired) electrons. The first-order chi connectivity index (χ1) is 9.73. The van der Waals surface area contributed by atoms with Crippen LogP contribution < -0.4 is 5.32 Å². The molecular weight excluding hydrogens is 262 g/mol. The summed E-state index contributed by atoms with van der Waals surface area (Å²) in [6, 6.07) is 8.84. The summed E-state index contributed by atoms with van der Waals surface area (Å²) >= 11 is 1.89. The molecule has 0 spiro atoms. The van der Waals surface area contributed by atoms with Crippen molar-refractivity contribution in [2.45, 2.75) is 39.5 Å². The van der Waals surface area contributed by atoms with Crippen LogP contribution in [0.1, 0.15) is 38.7 Å². The van der Waals surface area contributed by atoms with Crippen molar-refractivity contribution in [2.75, 3.05) is 13.1 Å². The quantitative estimate of drug-likeness (QED) is 0.717. The molecule has 1 aromatic heterocycles. The van der Waals surface area contributed by atoms with E-state index < -0.39 is 0 Å². The molecule has 20 heavy (non-hydrogen) atoms. The summed E-state index contributed by atoms with van der Waals surface area (Å²) in [5.74, 6) is 0.922. The maximum absolute atomic E-state index is 3.66. The first-order valence-electron chi connectivity index (χ1n) is 7.89. The summed E-state index contributed by atoms with van der Waals surface area (Å²) in [7, 11) is 0. The van der Waals surface area contributed by atoms with Gasteiger partial charge in [-0.3, -0.25) is 0 Å². The van der Waals surface area contributed by atoms with E-state index in [0.29, 0.717) is 5.41 Å². The van der Waals surface area contributed by atoms with Gasteiger partial charge in [-0.2, -0.15) is 0 Å². The molecule has 1 N–H and O–H groups in total. The van der Waals surface area contributed by atoms with Gasteiger partial charge in [0.05, 0.1) is 0 Å². The molecular formula is C18H25NS. The van der Waals surface area contributed by atoms with E-state index in [4.69, 9.17) is 0 Å². The van der Waals surface area contributed by atoms with Crippen LogP contribution in [0.3, 0.4) is 0 Å². The van der Waals surface area contributed by atoms with E-state index in [-0.39, 0.29) is 0 Å². The van der Waals surface area contributed by atoms with Crippen LogP contribution >= 0.6 is 11.3 Å². The molecule has 1 aliphatic carbocycles. The lowest BCUT2D eigenvalue weighted by atomic mass is 9.78. The van der Waals surface area contributed by atoms with Crippen molar-refractivity contribution in [3.05, 3.63) is 35.2 Å². The molecule has 1 atom stereocenters. The average Bonchev–Trinajstić information content (AvgIpc) is 3.24. The van der Waals surface area contributed by atoms with Crippen molar-refractivity contribution in [1.29, 1.82) is 0 Å². The third-order valence-corrected chi connectivity index (χ3v) is 5.69. The van der Waals surface area contributed by atoms with Crippen molar-refractivity contribution in [1.82, 2.24) is 5.32 Å². The third-order valence-electron chi connectivity index (χ3n) is 4.67. The topological polar surface area (TPSA) is 12.0 Å². The lowest BCUT2D eigenvalue weighted by Gasteiger charge is -2.30. The summed E-state index contributed by atoms with van der Waals surface area (Å²) in [4.78, 5) is 0. The molecule has 108 valence electrons. The van der Waals surface area contributed by atoms with Gasteiger partial charge in [-0.1, -0.05) is 32.0 Å². The average molecular weight is 287 g/mol. The molecule has 1 nitrogen and oxygen atoms in total. The molecule has 1 aliphatic rings. The predicted molar refractivity (Wildman–Crippen MR) is 89.5 cm³/mol. The molecule has 0 amide bonds. The zero-order chi connectivity index (χ0) is 14.0. The van der Waals surface area contributed by atoms with E-state index in [2.05, 4.69) is 48.8 Å². The number of rotatable bonds is 7. The van der Waals surface area contributed by atoms with Gasteiger partial charge in [0.2, 0.25) is 0 Å². The summed E-state index contributed by atoms with van der Waals surface area (Å²) in [6.07, 6.45) is 5.29. The second-order valence-electron chi connectivity index (χ2n) is 6.54. The molecule has 1 aromatic carbocycles. The van der Waals surface area contributed by atoms with Crippen molar-refractivity contribution in [2.24, 2.45) is 11.3 Å². The zero-order valence-electron chi connectivity index (χ0n) is 12.6. The molecule has 1 fully saturated rings. The molecule has 1 saturated carbocycles. The Morgan fingerprint density at radius 3 is 2.85 bits per heavy atom. The van der Waals surface area contributed by atoms with Gasteiger partial charge in [0.15, 0.2) is 0 Å². The van der Waals surface area contributed by atoms with Gasteiger partial charge in [-0.05, 0) is 66.0 Å². The number of benzene rings is 1. The van der Waals surface area contributed by atoms with Gasteiger partial charge in [0.1, 0.15) is 0 Å². The van der Waals surface area contributed by atoms with Gasteiger partial charge in [0, 0.05) is 11.2 Å². The molecule has 1 heterocycles. The summed E-state index contributed by atoms with van der Waals surface area (Å²) < 4.78 is 1.43. The number of thiophene rings is 1. The summed E-state index contributed by atoms with van der Waals surface area (Å²) in [5.41, 5.74) is 1.98. The standard InChI is InChI=1S/C18H25NS/c1-3-10-19-13-18(2,15-8-9-15)11-14-12-20-17-7-5-4-6-16(14)17/h4-7,12,15,19H,3,8-11,13H2,1-2H3. The highest BCUT2D eigenvalue weighted by Gasteiger charge is 2.41. The normalized spacial score (nSPS) is 18.3. The highest BCUT2D eigenvalue weighted by molar-refractivity contribution is 7.17. The molecule has 0 saturated heterocycles. The molecule has 2 aromatic rings. The Kier molecular flexibility index (Phi) is 4.13. The van der Waals surface area contributed by atoms with E-state index in [1.165, 1.54) is 35.8 Å². The second kappa shape index (κ2) is 5.87. The molecule has 1 unspecified atom stereocenters. The highest BCUT2D eigenvalue weighted by atomic mass is 32.1. The van der Waals surface area contributed by atoms with Crippen LogP contribution in [0.4, 0.5) is 0 Å². The second-order valence-corrected chi connectivity index (χ2v) is 7.45. The minimum absolute atomic E-state index is 0.430. The predicted octanol–water partition coefficient (Wildman–Crippen LogP) is 4.86. The van der Waals surface area contributed by atoms with E-state index in [1.807, 2.05) is 11.3 Å². The van der Waals surface area contributed by atoms with Crippen LogP contribution in [0.2, 0.25) is 0 Å². The first-order valence-corrected chi connectivity index (χ1v) is 8.77. The Labute approximate surface area is 126 Å². The number of hydrogen-bond donors (Lipinski definition) is 1. The minimum Gasteiger partial charge on any atom is -0.316 e. The van der Waals surface area contributed by atoms with Crippen LogP contribution in [0.25, 0.3) is 10.1 Å². The maximum atomic E-state index is 3.66. The van der Waals surface area contributed by atoms with Crippen molar-refractivity contribution in [3.8, 4) is 0 Å². The van der Waals surface area contributed by atoms with Crippen molar-refractivity contribution >= 4 is 21.4 Å². The van der Waals surface area contributed by atoms with Crippen molar-refractivity contribution in [3.63, 3.8) is 0 Å². The van der Waals surface area contributed by atoms with Gasteiger partial charge >= 0.3 is 0 Å². The minimum atomic E-state index is 0.430. The smallest absolute Gasteiger partial charge is 0.0345 e. The monoisotopic (exact) mass is 287 g/mol. The molecule has 2 heteroatoms. The number of hydrogen-bond acceptors (Lipinski definition) is 2. The Morgan fingerprint density at radius 2 is 2.10 bits per heavy atom. The van der Waals surface area contributed by atoms with Gasteiger partial charge < -0.3 is 5.32 Å². The van der Waals surface area contributed by atoms with E-state index in [0.717, 1.165) is 19.0 Å². The van der Waals surface area contributed by atoms with E-state index in [9.17, 15) is 0 Å². The summed E-state index contributed by atoms with van der Waals surface area (Å²) in [5, 5.41) is 7.51. The fraction of sp³-hybridized carbons (Fsp3) is 0.556. The maximum Gasteiger partial charge on any atom is 0.0345 e. The van der Waals surface area contributed by atoms with E-state index >= 15 is 0 Å². The highest BCUT2D eigenvalue weighted by Crippen LogP contribution is 2.48. The third kappa shape index (κ3) is 2.91. The fourth-order valence-electron chi connectivity index (χ4n) is 3.29. The lowest BCUT2D eigenvalue weighted by Crippen LogP contribution is -2.35. The Morgan fingerprint density at radius 1 is 1.30 bits per heavy atom. The van der Waals surface area contributed by atoms with Crippen molar-refractivity contribution < 1.29 is 0 Å². The SMILES string of the molecule is CCCNCC(C)(Cc1csc2ccccc12)C1CC1. The number of fused-ring (bicyclic) bond motifs is 1. The van der Waals surface area contributed by atoms with Gasteiger partial charge in [-0.15, -0.1) is 11.3 Å². The molecule has 0 bridgehead atoms. The summed E-state index contributed by atoms with van der Waals surface area (Å²) in [6.45, 7) is 7.04. The van der Waals surface area contributed by atoms with Crippen LogP contribution in [-0.2, 0) is 6.42 Å². The first kappa shape index (κ1) is 14.1. The van der Waals surface area contributed by atoms with Crippen LogP contribution in [0.15, 0.2) is 29.6 Å². The Hall–Kier alpha value is -0.860. The zero-order valence-corrected chi connectivity index (χ0v) is 13.4.